The molecule has 0 radical (unpaired) electrons. The summed E-state index contributed by atoms with van der Waals surface area (Å²) in [6, 6.07) is 0. The van der Waals surface area contributed by atoms with E-state index in [0.29, 0.717) is 0 Å². The molecule has 1 unspecified atom stereocenters. The van der Waals surface area contributed by atoms with Crippen molar-refractivity contribution in [1.29, 1.82) is 0 Å². The van der Waals surface area contributed by atoms with Gasteiger partial charge < -0.3 is 5.11 Å². The Balaban J connectivity index is 3.21. The molecule has 1 heterocycles. The highest BCUT2D eigenvalue weighted by Crippen LogP contribution is 2.20. The first-order valence-electron chi connectivity index (χ1n) is 3.88. The van der Waals surface area contributed by atoms with E-state index in [9.17, 15) is 5.11 Å². The lowest BCUT2D eigenvalue weighted by Gasteiger charge is -2.04. The molecule has 0 aromatic carbocycles. The van der Waals surface area contributed by atoms with Gasteiger partial charge in [-0.25, -0.2) is 0 Å². The molecule has 1 aromatic heterocycles. The second kappa shape index (κ2) is 3.11. The minimum absolute atomic E-state index is 0.598. The van der Waals surface area contributed by atoms with E-state index in [1.54, 1.807) is 4.68 Å². The number of aliphatic hydroxyl groups excluding tert-OH is 1. The van der Waals surface area contributed by atoms with Crippen LogP contribution in [0.1, 0.15) is 23.1 Å². The Hall–Kier alpha value is -1.09. The van der Waals surface area contributed by atoms with Gasteiger partial charge in [-0.15, -0.1) is 6.58 Å². The fraction of sp³-hybridized carbons (Fsp3) is 0.444. The molecule has 1 atom stereocenters. The predicted molar refractivity (Wildman–Crippen MR) is 47.8 cm³/mol. The molecule has 0 aliphatic heterocycles. The molecule has 1 aromatic rings. The van der Waals surface area contributed by atoms with Crippen molar-refractivity contribution in [3.8, 4) is 0 Å². The van der Waals surface area contributed by atoms with Crippen molar-refractivity contribution in [2.75, 3.05) is 0 Å². The lowest BCUT2D eigenvalue weighted by atomic mass is 10.1. The van der Waals surface area contributed by atoms with Crippen molar-refractivity contribution in [1.82, 2.24) is 9.78 Å². The van der Waals surface area contributed by atoms with Gasteiger partial charge in [-0.2, -0.15) is 5.10 Å². The molecule has 0 amide bonds. The van der Waals surface area contributed by atoms with E-state index < -0.39 is 6.10 Å². The number of aliphatic hydroxyl groups is 1. The number of hydrogen-bond acceptors (Lipinski definition) is 2. The van der Waals surface area contributed by atoms with Crippen LogP contribution in [0.3, 0.4) is 0 Å². The molecule has 1 N–H and O–H groups in total. The van der Waals surface area contributed by atoms with Crippen LogP contribution in [0.4, 0.5) is 0 Å². The van der Waals surface area contributed by atoms with E-state index in [2.05, 4.69) is 11.7 Å². The fourth-order valence-electron chi connectivity index (χ4n) is 1.34. The summed E-state index contributed by atoms with van der Waals surface area (Å²) in [4.78, 5) is 0. The summed E-state index contributed by atoms with van der Waals surface area (Å²) in [7, 11) is 1.86. The molecular formula is C9H14N2O. The molecule has 0 fully saturated rings. The molecule has 0 aliphatic rings. The van der Waals surface area contributed by atoms with Crippen molar-refractivity contribution in [3.63, 3.8) is 0 Å². The number of rotatable bonds is 2. The molecule has 3 nitrogen and oxygen atoms in total. The standard InChI is InChI=1S/C9H14N2O/c1-5-8(12)9-6(2)10-11(4)7(9)3/h5,8,12H,1H2,2-4H3. The number of nitrogens with zero attached hydrogens (tertiary/aromatic N) is 2. The van der Waals surface area contributed by atoms with Crippen LogP contribution >= 0.6 is 0 Å². The third-order valence-corrected chi connectivity index (χ3v) is 2.08. The van der Waals surface area contributed by atoms with Gasteiger partial charge >= 0.3 is 0 Å². The van der Waals surface area contributed by atoms with E-state index >= 15 is 0 Å². The van der Waals surface area contributed by atoms with Gasteiger partial charge in [0.1, 0.15) is 6.10 Å². The maximum Gasteiger partial charge on any atom is 0.100 e. The van der Waals surface area contributed by atoms with Gasteiger partial charge in [0.2, 0.25) is 0 Å². The zero-order valence-corrected chi connectivity index (χ0v) is 7.70. The van der Waals surface area contributed by atoms with Crippen LogP contribution in [0.2, 0.25) is 0 Å². The maximum atomic E-state index is 9.53. The summed E-state index contributed by atoms with van der Waals surface area (Å²) < 4.78 is 1.76. The molecule has 0 aliphatic carbocycles. The third kappa shape index (κ3) is 1.28. The molecule has 66 valence electrons. The highest BCUT2D eigenvalue weighted by molar-refractivity contribution is 5.29. The zero-order chi connectivity index (χ0) is 9.30. The second-order valence-electron chi connectivity index (χ2n) is 2.89. The molecule has 0 spiro atoms. The first-order valence-corrected chi connectivity index (χ1v) is 3.88. The summed E-state index contributed by atoms with van der Waals surface area (Å²) in [6.45, 7) is 7.36. The van der Waals surface area contributed by atoms with Crippen LogP contribution in [0.15, 0.2) is 12.7 Å². The van der Waals surface area contributed by atoms with Gasteiger partial charge in [-0.1, -0.05) is 6.08 Å². The van der Waals surface area contributed by atoms with Crippen molar-refractivity contribution in [2.24, 2.45) is 7.05 Å². The summed E-state index contributed by atoms with van der Waals surface area (Å²) in [5, 5.41) is 13.7. The minimum atomic E-state index is -0.598. The average Bonchev–Trinajstić information content (AvgIpc) is 2.26. The quantitative estimate of drug-likeness (QED) is 0.671. The van der Waals surface area contributed by atoms with Crippen LogP contribution in [0.5, 0.6) is 0 Å². The first kappa shape index (κ1) is 9.00. The average molecular weight is 166 g/mol. The van der Waals surface area contributed by atoms with Gasteiger partial charge in [0.15, 0.2) is 0 Å². The normalized spacial score (nSPS) is 13.0. The largest absolute Gasteiger partial charge is 0.384 e. The van der Waals surface area contributed by atoms with Gasteiger partial charge in [0, 0.05) is 18.3 Å². The summed E-state index contributed by atoms with van der Waals surface area (Å²) in [5.74, 6) is 0. The number of aryl methyl sites for hydroxylation is 2. The van der Waals surface area contributed by atoms with E-state index in [4.69, 9.17) is 0 Å². The van der Waals surface area contributed by atoms with Crippen molar-refractivity contribution in [3.05, 3.63) is 29.6 Å². The topological polar surface area (TPSA) is 38.1 Å². The second-order valence-corrected chi connectivity index (χ2v) is 2.89. The SMILES string of the molecule is C=CC(O)c1c(C)nn(C)c1C. The van der Waals surface area contributed by atoms with Crippen LogP contribution in [0, 0.1) is 13.8 Å². The molecule has 3 heteroatoms. The van der Waals surface area contributed by atoms with Crippen LogP contribution in [-0.4, -0.2) is 14.9 Å². The fourth-order valence-corrected chi connectivity index (χ4v) is 1.34. The first-order chi connectivity index (χ1) is 5.57. The Morgan fingerprint density at radius 1 is 1.58 bits per heavy atom. The Kier molecular flexibility index (Phi) is 2.33. The smallest absolute Gasteiger partial charge is 0.100 e. The van der Waals surface area contributed by atoms with Crippen LogP contribution in [-0.2, 0) is 7.05 Å². The van der Waals surface area contributed by atoms with Gasteiger partial charge in [-0.3, -0.25) is 4.68 Å². The zero-order valence-electron chi connectivity index (χ0n) is 7.70. The molecule has 0 bridgehead atoms. The Bertz CT molecular complexity index is 302. The molecular weight excluding hydrogens is 152 g/mol. The lowest BCUT2D eigenvalue weighted by molar-refractivity contribution is 0.227. The summed E-state index contributed by atoms with van der Waals surface area (Å²) in [5.41, 5.74) is 2.72. The highest BCUT2D eigenvalue weighted by atomic mass is 16.3. The highest BCUT2D eigenvalue weighted by Gasteiger charge is 2.14. The molecule has 0 saturated carbocycles. The third-order valence-electron chi connectivity index (χ3n) is 2.08. The maximum absolute atomic E-state index is 9.53. The van der Waals surface area contributed by atoms with Crippen LogP contribution < -0.4 is 0 Å². The Labute approximate surface area is 72.3 Å². The van der Waals surface area contributed by atoms with Crippen molar-refractivity contribution >= 4 is 0 Å². The van der Waals surface area contributed by atoms with E-state index in [1.165, 1.54) is 6.08 Å². The van der Waals surface area contributed by atoms with E-state index in [1.807, 2.05) is 20.9 Å². The molecule has 12 heavy (non-hydrogen) atoms. The van der Waals surface area contributed by atoms with E-state index in [0.717, 1.165) is 17.0 Å². The molecule has 0 saturated heterocycles. The summed E-state index contributed by atoms with van der Waals surface area (Å²) in [6.07, 6.45) is 0.912. The van der Waals surface area contributed by atoms with Gasteiger partial charge in [0.25, 0.3) is 0 Å². The number of aromatic nitrogens is 2. The monoisotopic (exact) mass is 166 g/mol. The van der Waals surface area contributed by atoms with E-state index in [-0.39, 0.29) is 0 Å². The Morgan fingerprint density at radius 3 is 2.50 bits per heavy atom. The lowest BCUT2D eigenvalue weighted by Crippen LogP contribution is -1.97. The molecule has 1 rings (SSSR count). The predicted octanol–water partition coefficient (Wildman–Crippen LogP) is 1.26. The van der Waals surface area contributed by atoms with Gasteiger partial charge in [0.05, 0.1) is 5.69 Å². The number of hydrogen-bond donors (Lipinski definition) is 1. The van der Waals surface area contributed by atoms with Crippen LogP contribution in [0.25, 0.3) is 0 Å². The van der Waals surface area contributed by atoms with Crippen molar-refractivity contribution in [2.45, 2.75) is 20.0 Å². The minimum Gasteiger partial charge on any atom is -0.384 e. The van der Waals surface area contributed by atoms with Gasteiger partial charge in [-0.05, 0) is 13.8 Å². The Morgan fingerprint density at radius 2 is 2.17 bits per heavy atom. The van der Waals surface area contributed by atoms with Crippen molar-refractivity contribution < 1.29 is 5.11 Å². The summed E-state index contributed by atoms with van der Waals surface area (Å²) >= 11 is 0.